The molecule has 21 heavy (non-hydrogen) atoms. The van der Waals surface area contributed by atoms with Crippen LogP contribution in [-0.2, 0) is 0 Å². The zero-order chi connectivity index (χ0) is 15.1. The van der Waals surface area contributed by atoms with Crippen LogP contribution in [0.4, 0.5) is 28.4 Å². The molecule has 1 N–H and O–H groups in total. The number of aryl methyl sites for hydroxylation is 1. The van der Waals surface area contributed by atoms with Crippen molar-refractivity contribution in [3.8, 4) is 0 Å². The molecule has 108 valence electrons. The minimum atomic E-state index is -1.48. The number of halogens is 4. The van der Waals surface area contributed by atoms with E-state index in [2.05, 4.69) is 10.3 Å². The highest BCUT2D eigenvalue weighted by Gasteiger charge is 2.20. The number of nitrogens with one attached hydrogen (secondary N) is 1. The van der Waals surface area contributed by atoms with Gasteiger partial charge in [-0.15, -0.1) is 0 Å². The molecule has 2 nitrogen and oxygen atoms in total. The minimum Gasteiger partial charge on any atom is -0.326 e. The first-order chi connectivity index (χ1) is 9.97. The number of aromatic nitrogens is 1. The summed E-state index contributed by atoms with van der Waals surface area (Å²) >= 11 is 1.13. The Balaban J connectivity index is 2.09. The monoisotopic (exact) mass is 312 g/mol. The van der Waals surface area contributed by atoms with Crippen LogP contribution in [0, 0.1) is 30.2 Å². The summed E-state index contributed by atoms with van der Waals surface area (Å²) < 4.78 is 54.3. The minimum absolute atomic E-state index is 0.155. The Morgan fingerprint density at radius 1 is 1.05 bits per heavy atom. The van der Waals surface area contributed by atoms with Gasteiger partial charge in [-0.05, 0) is 18.6 Å². The summed E-state index contributed by atoms with van der Waals surface area (Å²) in [6.07, 6.45) is 0. The molecule has 0 aliphatic heterocycles. The fraction of sp³-hybridized carbons (Fsp3) is 0.0714. The van der Waals surface area contributed by atoms with Gasteiger partial charge in [0.1, 0.15) is 5.69 Å². The van der Waals surface area contributed by atoms with E-state index < -0.39 is 29.0 Å². The van der Waals surface area contributed by atoms with Gasteiger partial charge in [0.25, 0.3) is 0 Å². The lowest BCUT2D eigenvalue weighted by atomic mass is 10.2. The Hall–Kier alpha value is -2.15. The molecule has 7 heteroatoms. The molecule has 0 saturated heterocycles. The summed E-state index contributed by atoms with van der Waals surface area (Å²) in [5.41, 5.74) is 0.676. The molecular formula is C14H8F4N2S. The Bertz CT molecular complexity index is 818. The second-order valence-electron chi connectivity index (χ2n) is 4.41. The highest BCUT2D eigenvalue weighted by Crippen LogP contribution is 2.32. The van der Waals surface area contributed by atoms with Crippen LogP contribution in [0.2, 0.25) is 0 Å². The van der Waals surface area contributed by atoms with Crippen molar-refractivity contribution in [3.63, 3.8) is 0 Å². The fourth-order valence-corrected chi connectivity index (χ4v) is 2.88. The summed E-state index contributed by atoms with van der Waals surface area (Å²) in [4.78, 5) is 4.18. The lowest BCUT2D eigenvalue weighted by Gasteiger charge is -2.07. The number of fused-ring (bicyclic) bond motifs is 1. The van der Waals surface area contributed by atoms with Crippen LogP contribution in [0.1, 0.15) is 5.56 Å². The lowest BCUT2D eigenvalue weighted by Crippen LogP contribution is -2.02. The summed E-state index contributed by atoms with van der Waals surface area (Å²) in [6, 6.07) is 5.62. The Kier molecular flexibility index (Phi) is 3.29. The van der Waals surface area contributed by atoms with E-state index >= 15 is 0 Å². The maximum Gasteiger partial charge on any atom is 0.188 e. The van der Waals surface area contributed by atoms with Crippen LogP contribution in [0.25, 0.3) is 10.2 Å². The van der Waals surface area contributed by atoms with E-state index in [9.17, 15) is 17.6 Å². The number of thiazole rings is 1. The third kappa shape index (κ3) is 2.33. The normalized spacial score (nSPS) is 11.1. The van der Waals surface area contributed by atoms with Crippen molar-refractivity contribution in [2.24, 2.45) is 0 Å². The topological polar surface area (TPSA) is 24.9 Å². The van der Waals surface area contributed by atoms with Crippen molar-refractivity contribution in [1.82, 2.24) is 4.98 Å². The van der Waals surface area contributed by atoms with Gasteiger partial charge in [-0.1, -0.05) is 23.5 Å². The summed E-state index contributed by atoms with van der Waals surface area (Å²) in [7, 11) is 0. The molecule has 3 rings (SSSR count). The predicted molar refractivity (Wildman–Crippen MR) is 73.9 cm³/mol. The van der Waals surface area contributed by atoms with Crippen LogP contribution < -0.4 is 5.32 Å². The maximum absolute atomic E-state index is 13.6. The molecular weight excluding hydrogens is 304 g/mol. The largest absolute Gasteiger partial charge is 0.326 e. The Morgan fingerprint density at radius 2 is 1.71 bits per heavy atom. The molecule has 1 aromatic heterocycles. The predicted octanol–water partition coefficient (Wildman–Crippen LogP) is 4.90. The number of hydrogen-bond donors (Lipinski definition) is 1. The van der Waals surface area contributed by atoms with E-state index in [4.69, 9.17) is 0 Å². The van der Waals surface area contributed by atoms with Crippen molar-refractivity contribution in [3.05, 3.63) is 53.1 Å². The van der Waals surface area contributed by atoms with Gasteiger partial charge in [0.15, 0.2) is 28.4 Å². The van der Waals surface area contributed by atoms with Gasteiger partial charge in [-0.3, -0.25) is 0 Å². The van der Waals surface area contributed by atoms with E-state index in [-0.39, 0.29) is 11.2 Å². The van der Waals surface area contributed by atoms with Gasteiger partial charge < -0.3 is 5.32 Å². The number of rotatable bonds is 2. The van der Waals surface area contributed by atoms with E-state index in [0.29, 0.717) is 5.52 Å². The van der Waals surface area contributed by atoms with Gasteiger partial charge in [-0.2, -0.15) is 0 Å². The highest BCUT2D eigenvalue weighted by atomic mass is 32.1. The van der Waals surface area contributed by atoms with Crippen LogP contribution >= 0.6 is 11.3 Å². The fourth-order valence-electron chi connectivity index (χ4n) is 1.93. The van der Waals surface area contributed by atoms with Gasteiger partial charge in [0.2, 0.25) is 0 Å². The average molecular weight is 312 g/mol. The number of nitrogens with zero attached hydrogens (tertiary/aromatic N) is 1. The third-order valence-corrected chi connectivity index (χ3v) is 3.90. The highest BCUT2D eigenvalue weighted by molar-refractivity contribution is 7.22. The molecule has 0 aliphatic rings. The SMILES string of the molecule is Cc1cccc2sc(Nc3c(F)c(F)cc(F)c3F)nc12. The number of para-hydroxylation sites is 1. The van der Waals surface area contributed by atoms with E-state index in [0.717, 1.165) is 21.6 Å². The Labute approximate surface area is 121 Å². The van der Waals surface area contributed by atoms with Gasteiger partial charge in [-0.25, -0.2) is 22.5 Å². The molecule has 0 aliphatic carbocycles. The second-order valence-corrected chi connectivity index (χ2v) is 5.44. The standard InChI is InChI=1S/C14H8F4N2S/c1-6-3-2-4-9-12(6)19-14(21-9)20-13-10(17)7(15)5-8(16)11(13)18/h2-5H,1H3,(H,19,20). The molecule has 0 spiro atoms. The van der Waals surface area contributed by atoms with Crippen LogP contribution in [0.5, 0.6) is 0 Å². The number of anilines is 2. The zero-order valence-electron chi connectivity index (χ0n) is 10.7. The van der Waals surface area contributed by atoms with Crippen LogP contribution in [0.3, 0.4) is 0 Å². The molecule has 0 bridgehead atoms. The molecule has 0 amide bonds. The quantitative estimate of drug-likeness (QED) is 0.537. The molecule has 0 saturated carbocycles. The van der Waals surface area contributed by atoms with Gasteiger partial charge in [0.05, 0.1) is 10.2 Å². The molecule has 2 aromatic carbocycles. The summed E-state index contributed by atoms with van der Waals surface area (Å²) in [5.74, 6) is -5.89. The first kappa shape index (κ1) is 13.8. The van der Waals surface area contributed by atoms with Gasteiger partial charge >= 0.3 is 0 Å². The molecule has 1 heterocycles. The van der Waals surface area contributed by atoms with Crippen LogP contribution in [0.15, 0.2) is 24.3 Å². The van der Waals surface area contributed by atoms with E-state index in [1.165, 1.54) is 0 Å². The lowest BCUT2D eigenvalue weighted by molar-refractivity contribution is 0.459. The maximum atomic E-state index is 13.6. The molecule has 0 atom stereocenters. The number of hydrogen-bond acceptors (Lipinski definition) is 3. The number of benzene rings is 2. The van der Waals surface area contributed by atoms with Crippen molar-refractivity contribution < 1.29 is 17.6 Å². The molecule has 3 aromatic rings. The van der Waals surface area contributed by atoms with Crippen molar-refractivity contribution in [2.45, 2.75) is 6.92 Å². The molecule has 0 unspecified atom stereocenters. The van der Waals surface area contributed by atoms with Crippen molar-refractivity contribution in [2.75, 3.05) is 5.32 Å². The first-order valence-corrected chi connectivity index (χ1v) is 6.75. The van der Waals surface area contributed by atoms with E-state index in [1.807, 2.05) is 19.1 Å². The van der Waals surface area contributed by atoms with Crippen molar-refractivity contribution >= 4 is 32.4 Å². The van der Waals surface area contributed by atoms with Crippen LogP contribution in [-0.4, -0.2) is 4.98 Å². The smallest absolute Gasteiger partial charge is 0.188 e. The molecule has 0 fully saturated rings. The first-order valence-electron chi connectivity index (χ1n) is 5.93. The van der Waals surface area contributed by atoms with Crippen molar-refractivity contribution in [1.29, 1.82) is 0 Å². The third-order valence-electron chi connectivity index (χ3n) is 2.96. The molecule has 0 radical (unpaired) electrons. The zero-order valence-corrected chi connectivity index (χ0v) is 11.5. The summed E-state index contributed by atoms with van der Waals surface area (Å²) in [6.45, 7) is 1.84. The van der Waals surface area contributed by atoms with Gasteiger partial charge in [0, 0.05) is 6.07 Å². The summed E-state index contributed by atoms with van der Waals surface area (Å²) in [5, 5.41) is 2.47. The second kappa shape index (κ2) is 5.00. The van der Waals surface area contributed by atoms with E-state index in [1.54, 1.807) is 6.07 Å². The Morgan fingerprint density at radius 3 is 2.33 bits per heavy atom. The average Bonchev–Trinajstić information content (AvgIpc) is 2.86.